The summed E-state index contributed by atoms with van der Waals surface area (Å²) in [7, 11) is 0. The van der Waals surface area contributed by atoms with Crippen molar-refractivity contribution in [2.45, 2.75) is 39.0 Å². The van der Waals surface area contributed by atoms with Gasteiger partial charge < -0.3 is 4.79 Å². The summed E-state index contributed by atoms with van der Waals surface area (Å²) in [6, 6.07) is 1.73. The molecule has 5 heteroatoms. The molecule has 0 saturated carbocycles. The van der Waals surface area contributed by atoms with Crippen molar-refractivity contribution < 1.29 is 4.79 Å². The lowest BCUT2D eigenvalue weighted by molar-refractivity contribution is -0.109. The van der Waals surface area contributed by atoms with Crippen LogP contribution in [0.3, 0.4) is 0 Å². The Hall–Kier alpha value is -1.42. The van der Waals surface area contributed by atoms with Gasteiger partial charge in [-0.2, -0.15) is 5.10 Å². The van der Waals surface area contributed by atoms with Crippen molar-refractivity contribution in [1.29, 1.82) is 0 Å². The predicted molar refractivity (Wildman–Crippen MR) is 71.2 cm³/mol. The van der Waals surface area contributed by atoms with Crippen LogP contribution in [0.15, 0.2) is 12.3 Å². The van der Waals surface area contributed by atoms with Crippen molar-refractivity contribution in [3.8, 4) is 0 Å². The zero-order valence-electron chi connectivity index (χ0n) is 9.64. The molecule has 0 N–H and O–H groups in total. The normalized spacial score (nSPS) is 20.5. The molecule has 1 aliphatic rings. The van der Waals surface area contributed by atoms with E-state index in [1.807, 2.05) is 0 Å². The SMILES string of the molecule is C.CC1(C)CC(C=O)c2cnc3cc(Cl)nn3c21. The highest BCUT2D eigenvalue weighted by molar-refractivity contribution is 6.29. The molecule has 0 amide bonds. The van der Waals surface area contributed by atoms with Crippen LogP contribution in [-0.2, 0) is 10.2 Å². The molecule has 2 aromatic rings. The third-order valence-corrected chi connectivity index (χ3v) is 3.60. The van der Waals surface area contributed by atoms with Gasteiger partial charge in [0, 0.05) is 29.2 Å². The van der Waals surface area contributed by atoms with E-state index in [9.17, 15) is 4.79 Å². The first-order valence-corrected chi connectivity index (χ1v) is 5.91. The quantitative estimate of drug-likeness (QED) is 0.745. The lowest BCUT2D eigenvalue weighted by Gasteiger charge is -2.19. The zero-order chi connectivity index (χ0) is 12.2. The molecule has 1 atom stereocenters. The second-order valence-electron chi connectivity index (χ2n) is 5.13. The van der Waals surface area contributed by atoms with Crippen molar-refractivity contribution in [2.24, 2.45) is 0 Å². The molecule has 0 spiro atoms. The van der Waals surface area contributed by atoms with Crippen molar-refractivity contribution in [3.05, 3.63) is 28.7 Å². The van der Waals surface area contributed by atoms with Gasteiger partial charge in [-0.05, 0) is 6.42 Å². The minimum absolute atomic E-state index is 0. The maximum atomic E-state index is 11.1. The Morgan fingerprint density at radius 3 is 2.94 bits per heavy atom. The molecule has 1 aliphatic carbocycles. The number of hydrogen-bond donors (Lipinski definition) is 0. The van der Waals surface area contributed by atoms with Crippen LogP contribution in [-0.4, -0.2) is 20.9 Å². The van der Waals surface area contributed by atoms with E-state index in [1.165, 1.54) is 0 Å². The van der Waals surface area contributed by atoms with Crippen LogP contribution in [0.4, 0.5) is 0 Å². The topological polar surface area (TPSA) is 47.3 Å². The van der Waals surface area contributed by atoms with E-state index < -0.39 is 0 Å². The monoisotopic (exact) mass is 265 g/mol. The molecule has 0 fully saturated rings. The number of aldehydes is 1. The summed E-state index contributed by atoms with van der Waals surface area (Å²) in [5.41, 5.74) is 2.66. The molecule has 1 unspecified atom stereocenters. The molecule has 4 nitrogen and oxygen atoms in total. The van der Waals surface area contributed by atoms with Crippen LogP contribution < -0.4 is 0 Å². The highest BCUT2D eigenvalue weighted by Crippen LogP contribution is 2.44. The van der Waals surface area contributed by atoms with Gasteiger partial charge >= 0.3 is 0 Å². The van der Waals surface area contributed by atoms with E-state index >= 15 is 0 Å². The van der Waals surface area contributed by atoms with Crippen molar-refractivity contribution in [3.63, 3.8) is 0 Å². The van der Waals surface area contributed by atoms with E-state index in [4.69, 9.17) is 11.6 Å². The molecule has 0 saturated heterocycles. The number of halogens is 1. The van der Waals surface area contributed by atoms with Crippen molar-refractivity contribution in [1.82, 2.24) is 14.6 Å². The van der Waals surface area contributed by atoms with Crippen LogP contribution in [0.2, 0.25) is 5.15 Å². The van der Waals surface area contributed by atoms with Crippen molar-refractivity contribution >= 4 is 23.5 Å². The van der Waals surface area contributed by atoms with Gasteiger partial charge in [0.25, 0.3) is 0 Å². The van der Waals surface area contributed by atoms with Gasteiger partial charge in [-0.15, -0.1) is 0 Å². The molecule has 0 aliphatic heterocycles. The number of aromatic nitrogens is 3. The van der Waals surface area contributed by atoms with Gasteiger partial charge in [-0.1, -0.05) is 32.9 Å². The summed E-state index contributed by atoms with van der Waals surface area (Å²) in [6.07, 6.45) is 3.56. The summed E-state index contributed by atoms with van der Waals surface area (Å²) in [6.45, 7) is 4.23. The summed E-state index contributed by atoms with van der Waals surface area (Å²) in [4.78, 5) is 15.4. The second-order valence-corrected chi connectivity index (χ2v) is 5.52. The van der Waals surface area contributed by atoms with Crippen LogP contribution in [0.25, 0.3) is 5.65 Å². The molecule has 96 valence electrons. The van der Waals surface area contributed by atoms with E-state index in [2.05, 4.69) is 23.9 Å². The minimum atomic E-state index is -0.0859. The summed E-state index contributed by atoms with van der Waals surface area (Å²) < 4.78 is 1.77. The number of rotatable bonds is 1. The fourth-order valence-electron chi connectivity index (χ4n) is 2.75. The first kappa shape index (κ1) is 13.0. The first-order valence-electron chi connectivity index (χ1n) is 5.53. The molecular weight excluding hydrogens is 250 g/mol. The standard InChI is InChI=1S/C12H12ClN3O.CH4/c1-12(2)4-7(6-17)8-5-14-10-3-9(13)15-16(10)11(8)12;/h3,5-7H,4H2,1-2H3;1H4. The number of carbonyl (C=O) groups is 1. The van der Waals surface area contributed by atoms with E-state index in [0.717, 1.165) is 29.6 Å². The van der Waals surface area contributed by atoms with Crippen LogP contribution in [0.5, 0.6) is 0 Å². The van der Waals surface area contributed by atoms with Gasteiger partial charge in [0.2, 0.25) is 0 Å². The van der Waals surface area contributed by atoms with E-state index in [1.54, 1.807) is 16.8 Å². The first-order chi connectivity index (χ1) is 8.03. The molecule has 0 radical (unpaired) electrons. The molecule has 0 aromatic carbocycles. The average molecular weight is 266 g/mol. The van der Waals surface area contributed by atoms with Gasteiger partial charge in [-0.3, -0.25) is 0 Å². The molecular formula is C13H16ClN3O. The highest BCUT2D eigenvalue weighted by Gasteiger charge is 2.39. The Balaban J connectivity index is 0.00000120. The number of carbonyl (C=O) groups excluding carboxylic acids is 1. The van der Waals surface area contributed by atoms with Crippen molar-refractivity contribution in [2.75, 3.05) is 0 Å². The second kappa shape index (κ2) is 4.05. The molecule has 2 aromatic heterocycles. The van der Waals surface area contributed by atoms with Gasteiger partial charge in [0.05, 0.1) is 5.69 Å². The molecule has 2 heterocycles. The Morgan fingerprint density at radius 2 is 2.28 bits per heavy atom. The lowest BCUT2D eigenvalue weighted by atomic mass is 9.89. The zero-order valence-corrected chi connectivity index (χ0v) is 10.4. The van der Waals surface area contributed by atoms with Crippen LogP contribution >= 0.6 is 11.6 Å². The van der Waals surface area contributed by atoms with Crippen LogP contribution in [0, 0.1) is 0 Å². The van der Waals surface area contributed by atoms with E-state index in [0.29, 0.717) is 5.15 Å². The Morgan fingerprint density at radius 1 is 1.56 bits per heavy atom. The highest BCUT2D eigenvalue weighted by atomic mass is 35.5. The molecule has 3 rings (SSSR count). The minimum Gasteiger partial charge on any atom is -0.303 e. The van der Waals surface area contributed by atoms with Gasteiger partial charge in [-0.25, -0.2) is 9.50 Å². The summed E-state index contributed by atoms with van der Waals surface area (Å²) in [5, 5.41) is 4.68. The van der Waals surface area contributed by atoms with Crippen LogP contribution in [0.1, 0.15) is 44.9 Å². The summed E-state index contributed by atoms with van der Waals surface area (Å²) in [5.74, 6) is -0.0834. The number of fused-ring (bicyclic) bond motifs is 3. The largest absolute Gasteiger partial charge is 0.303 e. The Bertz CT molecular complexity index is 618. The van der Waals surface area contributed by atoms with Gasteiger partial charge in [0.15, 0.2) is 10.8 Å². The van der Waals surface area contributed by atoms with Gasteiger partial charge in [0.1, 0.15) is 6.29 Å². The number of nitrogens with zero attached hydrogens (tertiary/aromatic N) is 3. The maximum Gasteiger partial charge on any atom is 0.156 e. The predicted octanol–water partition coefficient (Wildman–Crippen LogP) is 2.98. The maximum absolute atomic E-state index is 11.1. The Kier molecular flexibility index (Phi) is 2.93. The molecule has 18 heavy (non-hydrogen) atoms. The molecule has 0 bridgehead atoms. The van der Waals surface area contributed by atoms with E-state index in [-0.39, 0.29) is 18.8 Å². The Labute approximate surface area is 111 Å². The summed E-state index contributed by atoms with van der Waals surface area (Å²) >= 11 is 5.91. The lowest BCUT2D eigenvalue weighted by Crippen LogP contribution is -2.17. The third-order valence-electron chi connectivity index (χ3n) is 3.42. The third kappa shape index (κ3) is 1.63. The average Bonchev–Trinajstić information content (AvgIpc) is 2.75. The smallest absolute Gasteiger partial charge is 0.156 e. The fraction of sp³-hybridized carbons (Fsp3) is 0.462. The number of hydrogen-bond acceptors (Lipinski definition) is 3. The fourth-order valence-corrected chi connectivity index (χ4v) is 2.92.